The molecule has 0 atom stereocenters. The number of anilines is 1. The molecule has 0 unspecified atom stereocenters. The fourth-order valence-corrected chi connectivity index (χ4v) is 1.74. The summed E-state index contributed by atoms with van der Waals surface area (Å²) in [6.07, 6.45) is 0. The zero-order valence-corrected chi connectivity index (χ0v) is 10.6. The number of hydrogen-bond acceptors (Lipinski definition) is 3. The summed E-state index contributed by atoms with van der Waals surface area (Å²) in [5.74, 6) is -0.201. The molecule has 2 N–H and O–H groups in total. The van der Waals surface area contributed by atoms with E-state index in [0.29, 0.717) is 16.5 Å². The van der Waals surface area contributed by atoms with Crippen molar-refractivity contribution in [3.8, 4) is 11.8 Å². The number of nitrogens with two attached hydrogens (primary N) is 1. The number of benzene rings is 2. The van der Waals surface area contributed by atoms with Gasteiger partial charge in [0.1, 0.15) is 24.2 Å². The van der Waals surface area contributed by atoms with Crippen LogP contribution in [0.25, 0.3) is 0 Å². The molecule has 96 valence electrons. The van der Waals surface area contributed by atoms with Crippen LogP contribution in [0.3, 0.4) is 0 Å². The van der Waals surface area contributed by atoms with Crippen LogP contribution in [0.4, 0.5) is 10.1 Å². The highest BCUT2D eigenvalue weighted by atomic mass is 35.5. The molecule has 0 aliphatic heterocycles. The SMILES string of the molecule is N#Cc1cccc(COc2cc(N)ccc2Cl)c1F. The Morgan fingerprint density at radius 2 is 2.11 bits per heavy atom. The lowest BCUT2D eigenvalue weighted by molar-refractivity contribution is 0.300. The van der Waals surface area contributed by atoms with Gasteiger partial charge in [-0.3, -0.25) is 0 Å². The second kappa shape index (κ2) is 5.59. The third-order valence-corrected chi connectivity index (χ3v) is 2.85. The van der Waals surface area contributed by atoms with Gasteiger partial charge in [0.2, 0.25) is 0 Å². The van der Waals surface area contributed by atoms with Crippen molar-refractivity contribution in [3.63, 3.8) is 0 Å². The quantitative estimate of drug-likeness (QED) is 0.873. The molecule has 0 spiro atoms. The fourth-order valence-electron chi connectivity index (χ4n) is 1.56. The van der Waals surface area contributed by atoms with Crippen molar-refractivity contribution in [2.45, 2.75) is 6.61 Å². The lowest BCUT2D eigenvalue weighted by Crippen LogP contribution is -2.01. The van der Waals surface area contributed by atoms with Gasteiger partial charge in [0.25, 0.3) is 0 Å². The van der Waals surface area contributed by atoms with Gasteiger partial charge in [-0.15, -0.1) is 0 Å². The number of nitrogen functional groups attached to an aromatic ring is 1. The van der Waals surface area contributed by atoms with E-state index in [1.54, 1.807) is 36.4 Å². The number of nitriles is 1. The van der Waals surface area contributed by atoms with Crippen LogP contribution in [0.15, 0.2) is 36.4 Å². The molecule has 19 heavy (non-hydrogen) atoms. The molecule has 0 bridgehead atoms. The summed E-state index contributed by atoms with van der Waals surface area (Å²) in [5, 5.41) is 9.13. The van der Waals surface area contributed by atoms with Gasteiger partial charge in [-0.2, -0.15) is 5.26 Å². The van der Waals surface area contributed by atoms with E-state index in [4.69, 9.17) is 27.3 Å². The summed E-state index contributed by atoms with van der Waals surface area (Å²) < 4.78 is 19.2. The average Bonchev–Trinajstić information content (AvgIpc) is 2.41. The fraction of sp³-hybridized carbons (Fsp3) is 0.0714. The monoisotopic (exact) mass is 276 g/mol. The summed E-state index contributed by atoms with van der Waals surface area (Å²) in [7, 11) is 0. The highest BCUT2D eigenvalue weighted by molar-refractivity contribution is 6.32. The Balaban J connectivity index is 2.20. The largest absolute Gasteiger partial charge is 0.487 e. The van der Waals surface area contributed by atoms with Gasteiger partial charge in [0.15, 0.2) is 0 Å². The van der Waals surface area contributed by atoms with E-state index >= 15 is 0 Å². The van der Waals surface area contributed by atoms with Gasteiger partial charge >= 0.3 is 0 Å². The van der Waals surface area contributed by atoms with E-state index in [0.717, 1.165) is 0 Å². The van der Waals surface area contributed by atoms with E-state index in [2.05, 4.69) is 0 Å². The Hall–Kier alpha value is -2.25. The summed E-state index contributed by atoms with van der Waals surface area (Å²) in [6.45, 7) is -0.0233. The molecule has 0 fully saturated rings. The minimum Gasteiger partial charge on any atom is -0.487 e. The minimum absolute atomic E-state index is 0.0141. The molecule has 3 nitrogen and oxygen atoms in total. The highest BCUT2D eigenvalue weighted by Crippen LogP contribution is 2.27. The molecule has 0 aromatic heterocycles. The van der Waals surface area contributed by atoms with Crippen LogP contribution < -0.4 is 10.5 Å². The van der Waals surface area contributed by atoms with Crippen molar-refractivity contribution >= 4 is 17.3 Å². The second-order valence-corrected chi connectivity index (χ2v) is 4.28. The van der Waals surface area contributed by atoms with E-state index in [-0.39, 0.29) is 17.7 Å². The topological polar surface area (TPSA) is 59.0 Å². The second-order valence-electron chi connectivity index (χ2n) is 3.87. The Morgan fingerprint density at radius 3 is 2.84 bits per heavy atom. The van der Waals surface area contributed by atoms with Gasteiger partial charge < -0.3 is 10.5 Å². The van der Waals surface area contributed by atoms with Crippen molar-refractivity contribution in [3.05, 3.63) is 58.4 Å². The third kappa shape index (κ3) is 2.95. The molecule has 2 rings (SSSR count). The number of ether oxygens (including phenoxy) is 1. The number of halogens is 2. The highest BCUT2D eigenvalue weighted by Gasteiger charge is 2.09. The molecule has 0 heterocycles. The van der Waals surface area contributed by atoms with Crippen LogP contribution in [-0.4, -0.2) is 0 Å². The molecule has 0 aliphatic carbocycles. The molecular formula is C14H10ClFN2O. The van der Waals surface area contributed by atoms with Gasteiger partial charge in [-0.1, -0.05) is 23.7 Å². The maximum atomic E-state index is 13.8. The van der Waals surface area contributed by atoms with E-state index < -0.39 is 5.82 Å². The smallest absolute Gasteiger partial charge is 0.147 e. The van der Waals surface area contributed by atoms with E-state index in [1.807, 2.05) is 0 Å². The lowest BCUT2D eigenvalue weighted by Gasteiger charge is -2.09. The van der Waals surface area contributed by atoms with Crippen LogP contribution >= 0.6 is 11.6 Å². The first-order valence-corrected chi connectivity index (χ1v) is 5.85. The third-order valence-electron chi connectivity index (χ3n) is 2.54. The molecule has 5 heteroatoms. The van der Waals surface area contributed by atoms with Crippen molar-refractivity contribution < 1.29 is 9.13 Å². The first-order chi connectivity index (χ1) is 9.11. The molecular weight excluding hydrogens is 267 g/mol. The zero-order valence-electron chi connectivity index (χ0n) is 9.86. The Labute approximate surface area is 115 Å². The number of rotatable bonds is 3. The van der Waals surface area contributed by atoms with Gasteiger partial charge in [-0.25, -0.2) is 4.39 Å². The first kappa shape index (κ1) is 13.2. The summed E-state index contributed by atoms with van der Waals surface area (Å²) in [4.78, 5) is 0. The van der Waals surface area contributed by atoms with Crippen LogP contribution in [0.5, 0.6) is 5.75 Å². The molecule has 0 amide bonds. The van der Waals surface area contributed by atoms with E-state index in [1.165, 1.54) is 6.07 Å². The Bertz CT molecular complexity index is 652. The molecule has 2 aromatic rings. The maximum absolute atomic E-state index is 13.8. The van der Waals surface area contributed by atoms with Crippen molar-refractivity contribution in [2.75, 3.05) is 5.73 Å². The van der Waals surface area contributed by atoms with Crippen LogP contribution in [0.2, 0.25) is 5.02 Å². The van der Waals surface area contributed by atoms with Gasteiger partial charge in [-0.05, 0) is 18.2 Å². The van der Waals surface area contributed by atoms with Crippen LogP contribution in [0.1, 0.15) is 11.1 Å². The maximum Gasteiger partial charge on any atom is 0.147 e. The number of nitrogens with zero attached hydrogens (tertiary/aromatic N) is 1. The predicted molar refractivity (Wildman–Crippen MR) is 71.3 cm³/mol. The molecule has 0 saturated carbocycles. The van der Waals surface area contributed by atoms with Gasteiger partial charge in [0, 0.05) is 17.3 Å². The molecule has 0 saturated heterocycles. The Kier molecular flexibility index (Phi) is 3.88. The lowest BCUT2D eigenvalue weighted by atomic mass is 10.1. The van der Waals surface area contributed by atoms with Crippen molar-refractivity contribution in [2.24, 2.45) is 0 Å². The normalized spacial score (nSPS) is 9.95. The number of hydrogen-bond donors (Lipinski definition) is 1. The standard InChI is InChI=1S/C14H10ClFN2O/c15-12-5-4-11(18)6-13(12)19-8-10-3-1-2-9(7-17)14(10)16/h1-6H,8,18H2. The minimum atomic E-state index is -0.579. The van der Waals surface area contributed by atoms with Crippen molar-refractivity contribution in [1.82, 2.24) is 0 Å². The zero-order chi connectivity index (χ0) is 13.8. The summed E-state index contributed by atoms with van der Waals surface area (Å²) >= 11 is 5.93. The van der Waals surface area contributed by atoms with Gasteiger partial charge in [0.05, 0.1) is 10.6 Å². The summed E-state index contributed by atoms with van der Waals surface area (Å²) in [6, 6.07) is 11.2. The van der Waals surface area contributed by atoms with E-state index in [9.17, 15) is 4.39 Å². The molecule has 0 aliphatic rings. The first-order valence-electron chi connectivity index (χ1n) is 5.47. The molecule has 2 aromatic carbocycles. The average molecular weight is 277 g/mol. The molecule has 0 radical (unpaired) electrons. The predicted octanol–water partition coefficient (Wildman–Crippen LogP) is 3.51. The van der Waals surface area contributed by atoms with Crippen LogP contribution in [-0.2, 0) is 6.61 Å². The van der Waals surface area contributed by atoms with Crippen molar-refractivity contribution in [1.29, 1.82) is 5.26 Å². The Morgan fingerprint density at radius 1 is 1.32 bits per heavy atom. The summed E-state index contributed by atoms with van der Waals surface area (Å²) in [5.41, 5.74) is 6.40. The van der Waals surface area contributed by atoms with Crippen LogP contribution in [0, 0.1) is 17.1 Å².